The summed E-state index contributed by atoms with van der Waals surface area (Å²) in [4.78, 5) is 21.3. The van der Waals surface area contributed by atoms with Gasteiger partial charge in [-0.25, -0.2) is 19.9 Å². The van der Waals surface area contributed by atoms with Crippen LogP contribution in [0.25, 0.3) is 11.4 Å². The van der Waals surface area contributed by atoms with Gasteiger partial charge in [-0.3, -0.25) is 8.89 Å². The lowest BCUT2D eigenvalue weighted by atomic mass is 9.96. The first-order valence-electron chi connectivity index (χ1n) is 9.60. The predicted octanol–water partition coefficient (Wildman–Crippen LogP) is 2.37. The van der Waals surface area contributed by atoms with Gasteiger partial charge in [-0.15, -0.1) is 0 Å². The van der Waals surface area contributed by atoms with Crippen molar-refractivity contribution >= 4 is 28.3 Å². The van der Waals surface area contributed by atoms with Crippen molar-refractivity contribution < 1.29 is 4.21 Å². The molecule has 0 saturated carbocycles. The zero-order valence-corrected chi connectivity index (χ0v) is 17.5. The largest absolute Gasteiger partial charge is 0.341 e. The third-order valence-corrected chi connectivity index (χ3v) is 7.07. The predicted molar refractivity (Wildman–Crippen MR) is 110 cm³/mol. The highest BCUT2D eigenvalue weighted by molar-refractivity contribution is 7.85. The van der Waals surface area contributed by atoms with Crippen molar-refractivity contribution in [2.75, 3.05) is 23.7 Å². The van der Waals surface area contributed by atoms with Gasteiger partial charge in [-0.05, 0) is 18.9 Å². The lowest BCUT2D eigenvalue weighted by molar-refractivity contribution is 0.480. The molecule has 29 heavy (non-hydrogen) atoms. The maximum Gasteiger partial charge on any atom is 0.226 e. The van der Waals surface area contributed by atoms with Crippen LogP contribution in [-0.2, 0) is 24.3 Å². The number of fused-ring (bicyclic) bond motifs is 1. The second kappa shape index (κ2) is 7.46. The Morgan fingerprint density at radius 3 is 2.62 bits per heavy atom. The van der Waals surface area contributed by atoms with Crippen LogP contribution in [0, 0.1) is 0 Å². The Kier molecular flexibility index (Phi) is 4.79. The summed E-state index contributed by atoms with van der Waals surface area (Å²) in [5.41, 5.74) is 2.33. The smallest absolute Gasteiger partial charge is 0.226 e. The number of hydrogen-bond donors (Lipinski definition) is 0. The molecule has 1 fully saturated rings. The Morgan fingerprint density at radius 1 is 1.17 bits per heavy atom. The normalized spacial score (nSPS) is 19.5. The van der Waals surface area contributed by atoms with Crippen molar-refractivity contribution in [1.29, 1.82) is 0 Å². The van der Waals surface area contributed by atoms with Crippen LogP contribution < -0.4 is 4.90 Å². The van der Waals surface area contributed by atoms with Crippen molar-refractivity contribution in [2.45, 2.75) is 30.1 Å². The minimum absolute atomic E-state index is 0.306. The van der Waals surface area contributed by atoms with Crippen LogP contribution >= 0.6 is 11.6 Å². The number of hydrogen-bond acceptors (Lipinski definition) is 7. The Labute approximate surface area is 175 Å². The number of anilines is 1. The van der Waals surface area contributed by atoms with Gasteiger partial charge in [0.1, 0.15) is 17.2 Å². The lowest BCUT2D eigenvalue weighted by Crippen LogP contribution is -2.35. The van der Waals surface area contributed by atoms with E-state index in [-0.39, 0.29) is 0 Å². The van der Waals surface area contributed by atoms with E-state index in [0.717, 1.165) is 48.0 Å². The summed E-state index contributed by atoms with van der Waals surface area (Å²) in [6.45, 7) is 1.64. The van der Waals surface area contributed by atoms with E-state index in [9.17, 15) is 4.21 Å². The number of aryl methyl sites for hydroxylation is 2. The molecule has 5 heterocycles. The molecule has 150 valence electrons. The molecular formula is C19H20ClN7OS. The molecule has 8 nitrogen and oxygen atoms in total. The molecule has 3 aromatic heterocycles. The minimum atomic E-state index is -1.07. The fraction of sp³-hybridized carbons (Fsp3) is 0.421. The molecule has 5 rings (SSSR count). The third kappa shape index (κ3) is 3.53. The van der Waals surface area contributed by atoms with Crippen molar-refractivity contribution in [1.82, 2.24) is 29.7 Å². The number of aromatic nitrogens is 6. The molecule has 1 saturated heterocycles. The van der Waals surface area contributed by atoms with Gasteiger partial charge in [-0.1, -0.05) is 11.6 Å². The molecule has 10 heteroatoms. The first kappa shape index (κ1) is 18.6. The van der Waals surface area contributed by atoms with Crippen LogP contribution in [0.5, 0.6) is 0 Å². The van der Waals surface area contributed by atoms with Gasteiger partial charge in [0.2, 0.25) is 5.95 Å². The molecule has 3 aromatic rings. The lowest BCUT2D eigenvalue weighted by Gasteiger charge is -2.31. The second-order valence-corrected chi connectivity index (χ2v) is 9.29. The standard InChI is InChI=1S/C19H20ClN7OS/c1-26-6-4-14(25-26)16-17-15(5-9-29(17)28)23-19(24-16)27-7-2-12(3-8-27)18-21-10-13(20)11-22-18/h4,6,10-12H,2-3,5,7-9H2,1H3. The van der Waals surface area contributed by atoms with E-state index in [1.807, 2.05) is 19.3 Å². The molecule has 2 aliphatic rings. The molecule has 0 aliphatic carbocycles. The Balaban J connectivity index is 1.42. The van der Waals surface area contributed by atoms with Gasteiger partial charge in [0.15, 0.2) is 0 Å². The van der Waals surface area contributed by atoms with E-state index in [4.69, 9.17) is 21.6 Å². The molecule has 0 aromatic carbocycles. The van der Waals surface area contributed by atoms with Crippen LogP contribution in [-0.4, -0.2) is 52.8 Å². The van der Waals surface area contributed by atoms with Gasteiger partial charge < -0.3 is 4.90 Å². The summed E-state index contributed by atoms with van der Waals surface area (Å²) in [6, 6.07) is 1.91. The van der Waals surface area contributed by atoms with Crippen LogP contribution in [0.4, 0.5) is 5.95 Å². The quantitative estimate of drug-likeness (QED) is 0.631. The molecular weight excluding hydrogens is 410 g/mol. The Bertz CT molecular complexity index is 1080. The van der Waals surface area contributed by atoms with E-state index >= 15 is 0 Å². The number of nitrogens with zero attached hydrogens (tertiary/aromatic N) is 7. The highest BCUT2D eigenvalue weighted by Crippen LogP contribution is 2.34. The first-order chi connectivity index (χ1) is 14.1. The summed E-state index contributed by atoms with van der Waals surface area (Å²) >= 11 is 5.90. The van der Waals surface area contributed by atoms with Gasteiger partial charge in [0, 0.05) is 56.8 Å². The van der Waals surface area contributed by atoms with Crippen molar-refractivity contribution in [3.05, 3.63) is 41.2 Å². The van der Waals surface area contributed by atoms with Crippen LogP contribution in [0.15, 0.2) is 29.6 Å². The Hall–Kier alpha value is -2.39. The maximum atomic E-state index is 12.5. The summed E-state index contributed by atoms with van der Waals surface area (Å²) in [7, 11) is 0.801. The van der Waals surface area contributed by atoms with Crippen LogP contribution in [0.1, 0.15) is 30.3 Å². The SMILES string of the molecule is Cn1ccc(-c2nc(N3CCC(c4ncc(Cl)cn4)CC3)nc3c2S(=O)CC3)n1. The average Bonchev–Trinajstić information content (AvgIpc) is 3.34. The minimum Gasteiger partial charge on any atom is -0.341 e. The molecule has 0 bridgehead atoms. The van der Waals surface area contributed by atoms with E-state index < -0.39 is 10.8 Å². The first-order valence-corrected chi connectivity index (χ1v) is 11.3. The summed E-state index contributed by atoms with van der Waals surface area (Å²) in [5, 5.41) is 5.04. The van der Waals surface area contributed by atoms with E-state index in [2.05, 4.69) is 20.0 Å². The van der Waals surface area contributed by atoms with Crippen LogP contribution in [0.2, 0.25) is 5.02 Å². The average molecular weight is 430 g/mol. The number of halogens is 1. The fourth-order valence-electron chi connectivity index (χ4n) is 3.91. The van der Waals surface area contributed by atoms with Crippen LogP contribution in [0.3, 0.4) is 0 Å². The summed E-state index contributed by atoms with van der Waals surface area (Å²) < 4.78 is 14.3. The van der Waals surface area contributed by atoms with Crippen molar-refractivity contribution in [3.8, 4) is 11.4 Å². The molecule has 1 unspecified atom stereocenters. The number of rotatable bonds is 3. The topological polar surface area (TPSA) is 89.7 Å². The van der Waals surface area contributed by atoms with E-state index in [0.29, 0.717) is 34.8 Å². The van der Waals surface area contributed by atoms with Gasteiger partial charge in [0.05, 0.1) is 26.4 Å². The second-order valence-electron chi connectivity index (χ2n) is 7.34. The zero-order valence-electron chi connectivity index (χ0n) is 16.0. The third-order valence-electron chi connectivity index (χ3n) is 5.42. The molecule has 0 amide bonds. The molecule has 0 N–H and O–H groups in total. The highest BCUT2D eigenvalue weighted by atomic mass is 35.5. The molecule has 0 radical (unpaired) electrons. The van der Waals surface area contributed by atoms with Crippen molar-refractivity contribution in [3.63, 3.8) is 0 Å². The van der Waals surface area contributed by atoms with Gasteiger partial charge in [0.25, 0.3) is 0 Å². The Morgan fingerprint density at radius 2 is 1.93 bits per heavy atom. The molecule has 0 spiro atoms. The summed E-state index contributed by atoms with van der Waals surface area (Å²) in [6.07, 6.45) is 7.74. The van der Waals surface area contributed by atoms with Crippen molar-refractivity contribution in [2.24, 2.45) is 7.05 Å². The molecule has 2 aliphatic heterocycles. The summed E-state index contributed by atoms with van der Waals surface area (Å²) in [5.74, 6) is 2.44. The highest BCUT2D eigenvalue weighted by Gasteiger charge is 2.30. The van der Waals surface area contributed by atoms with Gasteiger partial charge in [-0.2, -0.15) is 5.10 Å². The number of piperidine rings is 1. The zero-order chi connectivity index (χ0) is 20.0. The maximum absolute atomic E-state index is 12.5. The monoisotopic (exact) mass is 429 g/mol. The van der Waals surface area contributed by atoms with E-state index in [1.165, 1.54) is 0 Å². The fourth-order valence-corrected chi connectivity index (χ4v) is 5.37. The van der Waals surface area contributed by atoms with Gasteiger partial charge >= 0.3 is 0 Å². The molecule has 1 atom stereocenters. The van der Waals surface area contributed by atoms with E-state index in [1.54, 1.807) is 17.1 Å².